The van der Waals surface area contributed by atoms with E-state index in [9.17, 15) is 13.5 Å². The van der Waals surface area contributed by atoms with E-state index in [1.807, 2.05) is 13.0 Å². The molecular formula is C28H40O4S. The highest BCUT2D eigenvalue weighted by molar-refractivity contribution is 7.87. The molecule has 0 atom stereocenters. The second-order valence-electron chi connectivity index (χ2n) is 9.77. The van der Waals surface area contributed by atoms with Gasteiger partial charge in [-0.15, -0.1) is 0 Å². The number of aryl methyl sites for hydroxylation is 3. The van der Waals surface area contributed by atoms with E-state index in [0.717, 1.165) is 56.9 Å². The fourth-order valence-electron chi connectivity index (χ4n) is 5.39. The monoisotopic (exact) mass is 472 g/mol. The summed E-state index contributed by atoms with van der Waals surface area (Å²) in [5, 5.41) is 10.7. The molecule has 0 bridgehead atoms. The first-order valence-corrected chi connectivity index (χ1v) is 14.0. The van der Waals surface area contributed by atoms with Gasteiger partial charge in [0.25, 0.3) is 0 Å². The Bertz CT molecular complexity index is 1060. The Morgan fingerprint density at radius 1 is 0.939 bits per heavy atom. The van der Waals surface area contributed by atoms with Crippen molar-refractivity contribution >= 4 is 10.1 Å². The first kappa shape index (κ1) is 25.8. The first-order chi connectivity index (χ1) is 15.6. The van der Waals surface area contributed by atoms with Gasteiger partial charge in [0.15, 0.2) is 0 Å². The van der Waals surface area contributed by atoms with Gasteiger partial charge in [-0.3, -0.25) is 0 Å². The maximum absolute atomic E-state index is 11.9. The molecule has 0 spiro atoms. The van der Waals surface area contributed by atoms with E-state index >= 15 is 0 Å². The Kier molecular flexibility index (Phi) is 7.95. The number of aliphatic hydroxyl groups is 1. The molecule has 3 rings (SSSR count). The van der Waals surface area contributed by atoms with Crippen molar-refractivity contribution in [2.75, 3.05) is 5.75 Å². The van der Waals surface area contributed by atoms with Crippen LogP contribution in [0, 0.1) is 13.8 Å². The lowest BCUT2D eigenvalue weighted by Gasteiger charge is -2.34. The maximum atomic E-state index is 11.9. The van der Waals surface area contributed by atoms with Crippen molar-refractivity contribution in [3.63, 3.8) is 0 Å². The molecule has 1 fully saturated rings. The number of rotatable bonds is 10. The van der Waals surface area contributed by atoms with Gasteiger partial charge in [-0.05, 0) is 93.2 Å². The van der Waals surface area contributed by atoms with Crippen LogP contribution in [0.3, 0.4) is 0 Å². The lowest BCUT2D eigenvalue weighted by molar-refractivity contribution is 0.0391. The molecule has 0 aromatic heterocycles. The zero-order valence-electron chi connectivity index (χ0n) is 20.9. The molecule has 1 saturated carbocycles. The Morgan fingerprint density at radius 2 is 1.52 bits per heavy atom. The van der Waals surface area contributed by atoms with Crippen LogP contribution in [0.25, 0.3) is 0 Å². The van der Waals surface area contributed by atoms with Gasteiger partial charge in [0, 0.05) is 5.41 Å². The Hall–Kier alpha value is -1.85. The fourth-order valence-corrected chi connectivity index (χ4v) is 5.97. The summed E-state index contributed by atoms with van der Waals surface area (Å²) in [7, 11) is -3.55. The summed E-state index contributed by atoms with van der Waals surface area (Å²) >= 11 is 0. The van der Waals surface area contributed by atoms with Crippen LogP contribution in [0.4, 0.5) is 0 Å². The lowest BCUT2D eigenvalue weighted by atomic mass is 9.69. The van der Waals surface area contributed by atoms with Gasteiger partial charge in [-0.2, -0.15) is 8.42 Å². The summed E-state index contributed by atoms with van der Waals surface area (Å²) in [5.41, 5.74) is 5.24. The molecule has 33 heavy (non-hydrogen) atoms. The summed E-state index contributed by atoms with van der Waals surface area (Å²) in [4.78, 5) is 0. The average molecular weight is 473 g/mol. The van der Waals surface area contributed by atoms with E-state index in [2.05, 4.69) is 45.0 Å². The SMILES string of the molecule is CCC(CC)(c1ccc(CCC2(O)CCCC2)c(C)c1)c1ccc(OS(=O)(=O)CC)c(C)c1. The molecule has 5 heteroatoms. The van der Waals surface area contributed by atoms with E-state index < -0.39 is 15.7 Å². The van der Waals surface area contributed by atoms with Crippen molar-refractivity contribution in [3.05, 3.63) is 64.2 Å². The average Bonchev–Trinajstić information content (AvgIpc) is 3.22. The van der Waals surface area contributed by atoms with Gasteiger partial charge < -0.3 is 9.29 Å². The molecule has 0 heterocycles. The van der Waals surface area contributed by atoms with E-state index in [0.29, 0.717) is 5.75 Å². The second-order valence-corrected chi connectivity index (χ2v) is 11.6. The lowest BCUT2D eigenvalue weighted by Crippen LogP contribution is -2.27. The maximum Gasteiger partial charge on any atom is 0.308 e. The Balaban J connectivity index is 1.89. The summed E-state index contributed by atoms with van der Waals surface area (Å²) in [5.74, 6) is 0.350. The smallest absolute Gasteiger partial charge is 0.308 e. The van der Waals surface area contributed by atoms with Crippen LogP contribution in [-0.4, -0.2) is 24.9 Å². The Labute approximate surface area is 200 Å². The highest BCUT2D eigenvalue weighted by Gasteiger charge is 2.33. The Morgan fingerprint density at radius 3 is 2.03 bits per heavy atom. The predicted octanol–water partition coefficient (Wildman–Crippen LogP) is 6.38. The minimum Gasteiger partial charge on any atom is -0.390 e. The largest absolute Gasteiger partial charge is 0.390 e. The van der Waals surface area contributed by atoms with Crippen molar-refractivity contribution in [1.29, 1.82) is 0 Å². The zero-order valence-corrected chi connectivity index (χ0v) is 21.7. The summed E-state index contributed by atoms with van der Waals surface area (Å²) in [6.45, 7) is 10.1. The molecule has 0 unspecified atom stereocenters. The van der Waals surface area contributed by atoms with Crippen LogP contribution in [0.2, 0.25) is 0 Å². The van der Waals surface area contributed by atoms with Gasteiger partial charge in [0.05, 0.1) is 11.4 Å². The van der Waals surface area contributed by atoms with Crippen LogP contribution < -0.4 is 4.18 Å². The minimum absolute atomic E-state index is 0.0505. The topological polar surface area (TPSA) is 63.6 Å². The summed E-state index contributed by atoms with van der Waals surface area (Å²) in [6, 6.07) is 12.7. The second kappa shape index (κ2) is 10.2. The molecule has 182 valence electrons. The van der Waals surface area contributed by atoms with Crippen LogP contribution in [0.5, 0.6) is 5.75 Å². The van der Waals surface area contributed by atoms with Gasteiger partial charge in [0.1, 0.15) is 5.75 Å². The van der Waals surface area contributed by atoms with Crippen molar-refractivity contribution < 1.29 is 17.7 Å². The van der Waals surface area contributed by atoms with Crippen molar-refractivity contribution in [2.24, 2.45) is 0 Å². The van der Waals surface area contributed by atoms with E-state index in [1.54, 1.807) is 13.0 Å². The molecule has 0 aliphatic heterocycles. The first-order valence-electron chi connectivity index (χ1n) is 12.4. The summed E-state index contributed by atoms with van der Waals surface area (Å²) in [6.07, 6.45) is 7.75. The van der Waals surface area contributed by atoms with Gasteiger partial charge in [-0.25, -0.2) is 0 Å². The molecule has 1 N–H and O–H groups in total. The molecular weight excluding hydrogens is 432 g/mol. The van der Waals surface area contributed by atoms with Crippen LogP contribution >= 0.6 is 0 Å². The minimum atomic E-state index is -3.55. The quantitative estimate of drug-likeness (QED) is 0.408. The predicted molar refractivity (Wildman–Crippen MR) is 136 cm³/mol. The van der Waals surface area contributed by atoms with Crippen molar-refractivity contribution in [2.45, 2.75) is 97.0 Å². The van der Waals surface area contributed by atoms with Gasteiger partial charge >= 0.3 is 10.1 Å². The van der Waals surface area contributed by atoms with Gasteiger partial charge in [-0.1, -0.05) is 57.0 Å². The molecule has 2 aromatic rings. The van der Waals surface area contributed by atoms with Crippen molar-refractivity contribution in [3.8, 4) is 5.75 Å². The van der Waals surface area contributed by atoms with Gasteiger partial charge in [0.2, 0.25) is 0 Å². The molecule has 4 nitrogen and oxygen atoms in total. The highest BCUT2D eigenvalue weighted by atomic mass is 32.2. The molecule has 2 aromatic carbocycles. The zero-order chi connectivity index (χ0) is 24.3. The van der Waals surface area contributed by atoms with Crippen molar-refractivity contribution in [1.82, 2.24) is 0 Å². The third-order valence-electron chi connectivity index (χ3n) is 7.79. The van der Waals surface area contributed by atoms with Crippen LogP contribution in [-0.2, 0) is 22.0 Å². The van der Waals surface area contributed by atoms with Crippen LogP contribution in [0.1, 0.15) is 93.5 Å². The number of hydrogen-bond acceptors (Lipinski definition) is 4. The van der Waals surface area contributed by atoms with E-state index in [1.165, 1.54) is 22.3 Å². The normalized spacial score (nSPS) is 16.2. The van der Waals surface area contributed by atoms with Crippen LogP contribution in [0.15, 0.2) is 36.4 Å². The highest BCUT2D eigenvalue weighted by Crippen LogP contribution is 2.41. The molecule has 0 radical (unpaired) electrons. The fraction of sp³-hybridized carbons (Fsp3) is 0.571. The molecule has 1 aliphatic rings. The molecule has 1 aliphatic carbocycles. The number of hydrogen-bond donors (Lipinski definition) is 1. The third-order valence-corrected chi connectivity index (χ3v) is 8.93. The molecule has 0 amide bonds. The molecule has 0 saturated heterocycles. The van der Waals surface area contributed by atoms with E-state index in [4.69, 9.17) is 4.18 Å². The van der Waals surface area contributed by atoms with E-state index in [-0.39, 0.29) is 11.2 Å². The summed E-state index contributed by atoms with van der Waals surface area (Å²) < 4.78 is 29.1. The third kappa shape index (κ3) is 5.63. The standard InChI is InChI=1S/C28H40O4S/c1-6-28(7-2,25-13-14-26(22(5)20-25)32-33(30,31)8-3)24-12-11-23(21(4)19-24)15-18-27(29)16-9-10-17-27/h11-14,19-20,29H,6-10,15-18H2,1-5H3. The number of benzene rings is 2.